The van der Waals surface area contributed by atoms with Crippen molar-refractivity contribution in [3.05, 3.63) is 47.5 Å². The lowest BCUT2D eigenvalue weighted by atomic mass is 9.88. The summed E-state index contributed by atoms with van der Waals surface area (Å²) in [6.45, 7) is 4.15. The Morgan fingerprint density at radius 1 is 1.35 bits per heavy atom. The smallest absolute Gasteiger partial charge is 0.225 e. The van der Waals surface area contributed by atoms with Crippen LogP contribution in [0.2, 0.25) is 0 Å². The molecule has 1 fully saturated rings. The van der Waals surface area contributed by atoms with Gasteiger partial charge in [0.1, 0.15) is 5.82 Å². The third-order valence-electron chi connectivity index (χ3n) is 5.32. The molecule has 0 bridgehead atoms. The summed E-state index contributed by atoms with van der Waals surface area (Å²) in [6.07, 6.45) is 2.58. The Morgan fingerprint density at radius 3 is 2.96 bits per heavy atom. The zero-order valence-electron chi connectivity index (χ0n) is 15.1. The number of amides is 1. The van der Waals surface area contributed by atoms with Crippen LogP contribution in [0.4, 0.5) is 0 Å². The number of nitrogens with one attached hydrogen (secondary N) is 3. The van der Waals surface area contributed by atoms with E-state index >= 15 is 0 Å². The van der Waals surface area contributed by atoms with Crippen LogP contribution in [0.25, 0.3) is 11.0 Å². The Morgan fingerprint density at radius 2 is 2.19 bits per heavy atom. The van der Waals surface area contributed by atoms with Crippen molar-refractivity contribution in [2.45, 2.75) is 19.3 Å². The molecule has 0 radical (unpaired) electrons. The van der Waals surface area contributed by atoms with Crippen LogP contribution in [-0.4, -0.2) is 45.3 Å². The van der Waals surface area contributed by atoms with Gasteiger partial charge in [0.25, 0.3) is 0 Å². The number of hydrogen-bond acceptors (Lipinski definition) is 4. The van der Waals surface area contributed by atoms with Crippen LogP contribution in [-0.2, 0) is 18.3 Å². The average molecular weight is 352 g/mol. The maximum atomic E-state index is 12.7. The van der Waals surface area contributed by atoms with Gasteiger partial charge in [-0.15, -0.1) is 0 Å². The van der Waals surface area contributed by atoms with Crippen LogP contribution in [0, 0.1) is 12.8 Å². The number of carbonyl (C=O) groups excluding carboxylic acids is 1. The highest BCUT2D eigenvalue weighted by molar-refractivity contribution is 5.80. The predicted octanol–water partition coefficient (Wildman–Crippen LogP) is 1.27. The highest BCUT2D eigenvalue weighted by Crippen LogP contribution is 2.30. The first-order chi connectivity index (χ1) is 12.6. The average Bonchev–Trinajstić information content (AvgIpc) is 3.34. The Labute approximate surface area is 152 Å². The highest BCUT2D eigenvalue weighted by Gasteiger charge is 2.35. The monoisotopic (exact) mass is 352 g/mol. The number of H-pyrrole nitrogens is 1. The summed E-state index contributed by atoms with van der Waals surface area (Å²) >= 11 is 0. The molecule has 7 nitrogen and oxygen atoms in total. The first kappa shape index (κ1) is 16.8. The summed E-state index contributed by atoms with van der Waals surface area (Å²) in [5.41, 5.74) is 4.27. The quantitative estimate of drug-likeness (QED) is 0.645. The number of benzene rings is 1. The largest absolute Gasteiger partial charge is 0.355 e. The topological polar surface area (TPSA) is 87.6 Å². The summed E-state index contributed by atoms with van der Waals surface area (Å²) < 4.78 is 1.87. The summed E-state index contributed by atoms with van der Waals surface area (Å²) in [4.78, 5) is 20.6. The molecule has 1 amide bonds. The van der Waals surface area contributed by atoms with E-state index in [0.29, 0.717) is 19.5 Å². The second-order valence-corrected chi connectivity index (χ2v) is 6.92. The van der Waals surface area contributed by atoms with Crippen LogP contribution in [0.15, 0.2) is 30.5 Å². The predicted molar refractivity (Wildman–Crippen MR) is 99.9 cm³/mol. The van der Waals surface area contributed by atoms with E-state index in [1.807, 2.05) is 42.2 Å². The molecule has 136 valence electrons. The fourth-order valence-electron chi connectivity index (χ4n) is 3.72. The number of hydrogen-bond donors (Lipinski definition) is 3. The standard InChI is InChI=1S/C19H24N6O/c1-12-13(11-22-25(12)2)14-9-20-10-15(14)19(26)21-8-7-18-23-16-5-3-4-6-17(16)24-18/h3-6,11,14-15,20H,7-10H2,1-2H3,(H,21,26)(H,23,24)/t14-,15+/m1/s1. The molecule has 0 unspecified atom stereocenters. The van der Waals surface area contributed by atoms with Crippen molar-refractivity contribution < 1.29 is 4.79 Å². The number of para-hydroxylation sites is 2. The highest BCUT2D eigenvalue weighted by atomic mass is 16.1. The van der Waals surface area contributed by atoms with Gasteiger partial charge >= 0.3 is 0 Å². The number of aromatic nitrogens is 4. The number of imidazole rings is 1. The molecular formula is C19H24N6O. The SMILES string of the molecule is Cc1c([C@H]2CNC[C@@H]2C(=O)NCCc2nc3ccccc3[nH]2)cnn1C. The van der Waals surface area contributed by atoms with E-state index in [0.717, 1.165) is 34.7 Å². The first-order valence-corrected chi connectivity index (χ1v) is 9.04. The molecule has 0 spiro atoms. The molecule has 2 atom stereocenters. The molecule has 3 heterocycles. The van der Waals surface area contributed by atoms with Gasteiger partial charge in [-0.05, 0) is 24.6 Å². The van der Waals surface area contributed by atoms with E-state index in [-0.39, 0.29) is 17.7 Å². The van der Waals surface area contributed by atoms with Crippen molar-refractivity contribution in [1.29, 1.82) is 0 Å². The molecule has 3 N–H and O–H groups in total. The summed E-state index contributed by atoms with van der Waals surface area (Å²) in [5, 5.41) is 10.7. The van der Waals surface area contributed by atoms with E-state index in [2.05, 4.69) is 32.6 Å². The zero-order chi connectivity index (χ0) is 18.1. The van der Waals surface area contributed by atoms with E-state index in [1.165, 1.54) is 0 Å². The minimum absolute atomic E-state index is 0.0615. The molecule has 4 rings (SSSR count). The van der Waals surface area contributed by atoms with Crippen molar-refractivity contribution in [2.75, 3.05) is 19.6 Å². The molecule has 0 aliphatic carbocycles. The fourth-order valence-corrected chi connectivity index (χ4v) is 3.72. The van der Waals surface area contributed by atoms with Gasteiger partial charge in [0.15, 0.2) is 0 Å². The molecule has 7 heteroatoms. The third-order valence-corrected chi connectivity index (χ3v) is 5.32. The van der Waals surface area contributed by atoms with Gasteiger partial charge in [-0.2, -0.15) is 5.10 Å². The van der Waals surface area contributed by atoms with Gasteiger partial charge in [-0.1, -0.05) is 12.1 Å². The molecule has 3 aromatic rings. The minimum Gasteiger partial charge on any atom is -0.355 e. The normalized spacial score (nSPS) is 19.9. The molecule has 1 aliphatic heterocycles. The maximum Gasteiger partial charge on any atom is 0.225 e. The number of nitrogens with zero attached hydrogens (tertiary/aromatic N) is 3. The van der Waals surface area contributed by atoms with Crippen molar-refractivity contribution >= 4 is 16.9 Å². The lowest BCUT2D eigenvalue weighted by Crippen LogP contribution is -2.35. The Bertz CT molecular complexity index is 894. The summed E-state index contributed by atoms with van der Waals surface area (Å²) in [7, 11) is 1.93. The Kier molecular flexibility index (Phi) is 4.46. The summed E-state index contributed by atoms with van der Waals surface area (Å²) in [5.74, 6) is 1.11. The lowest BCUT2D eigenvalue weighted by molar-refractivity contribution is -0.124. The van der Waals surface area contributed by atoms with Crippen LogP contribution in [0.5, 0.6) is 0 Å². The molecule has 0 saturated carbocycles. The van der Waals surface area contributed by atoms with Crippen molar-refractivity contribution in [2.24, 2.45) is 13.0 Å². The van der Waals surface area contributed by atoms with Crippen molar-refractivity contribution in [3.63, 3.8) is 0 Å². The first-order valence-electron chi connectivity index (χ1n) is 9.04. The molecule has 1 aliphatic rings. The second kappa shape index (κ2) is 6.92. The number of carbonyl (C=O) groups is 1. The molecular weight excluding hydrogens is 328 g/mol. The van der Waals surface area contributed by atoms with Gasteiger partial charge in [0, 0.05) is 44.7 Å². The number of rotatable bonds is 5. The minimum atomic E-state index is -0.0615. The van der Waals surface area contributed by atoms with Crippen molar-refractivity contribution in [3.8, 4) is 0 Å². The summed E-state index contributed by atoms with van der Waals surface area (Å²) in [6, 6.07) is 7.95. The lowest BCUT2D eigenvalue weighted by Gasteiger charge is -2.18. The molecule has 1 aromatic carbocycles. The van der Waals surface area contributed by atoms with Gasteiger partial charge in [0.2, 0.25) is 5.91 Å². The van der Waals surface area contributed by atoms with Crippen LogP contribution in [0.1, 0.15) is 23.0 Å². The van der Waals surface area contributed by atoms with Gasteiger partial charge in [-0.3, -0.25) is 9.48 Å². The van der Waals surface area contributed by atoms with Gasteiger partial charge < -0.3 is 15.6 Å². The Hall–Kier alpha value is -2.67. The zero-order valence-corrected chi connectivity index (χ0v) is 15.1. The van der Waals surface area contributed by atoms with Crippen molar-refractivity contribution in [1.82, 2.24) is 30.4 Å². The molecule has 26 heavy (non-hydrogen) atoms. The van der Waals surface area contributed by atoms with Crippen LogP contribution in [0.3, 0.4) is 0 Å². The second-order valence-electron chi connectivity index (χ2n) is 6.92. The number of fused-ring (bicyclic) bond motifs is 1. The van der Waals surface area contributed by atoms with E-state index in [4.69, 9.17) is 0 Å². The van der Waals surface area contributed by atoms with Crippen LogP contribution >= 0.6 is 0 Å². The van der Waals surface area contributed by atoms with E-state index in [9.17, 15) is 4.79 Å². The van der Waals surface area contributed by atoms with Gasteiger partial charge in [-0.25, -0.2) is 4.98 Å². The molecule has 2 aromatic heterocycles. The van der Waals surface area contributed by atoms with E-state index in [1.54, 1.807) is 0 Å². The maximum absolute atomic E-state index is 12.7. The van der Waals surface area contributed by atoms with E-state index < -0.39 is 0 Å². The molecule has 1 saturated heterocycles. The van der Waals surface area contributed by atoms with Gasteiger partial charge in [0.05, 0.1) is 23.1 Å². The number of aryl methyl sites for hydroxylation is 1. The van der Waals surface area contributed by atoms with Crippen LogP contribution < -0.4 is 10.6 Å². The third kappa shape index (κ3) is 3.10. The Balaban J connectivity index is 1.37. The number of aromatic amines is 1. The fraction of sp³-hybridized carbons (Fsp3) is 0.421.